The molecule has 2 atom stereocenters. The lowest BCUT2D eigenvalue weighted by Gasteiger charge is -2.24. The highest BCUT2D eigenvalue weighted by molar-refractivity contribution is 5.88. The Morgan fingerprint density at radius 3 is 2.61 bits per heavy atom. The number of methoxy groups -OCH3 is 2. The van der Waals surface area contributed by atoms with Crippen molar-refractivity contribution in [2.75, 3.05) is 20.8 Å². The maximum Gasteiger partial charge on any atom is 0.320 e. The minimum Gasteiger partial charge on any atom is -0.493 e. The third-order valence-corrected chi connectivity index (χ3v) is 6.71. The molecule has 0 radical (unpaired) electrons. The number of halogens is 2. The third kappa shape index (κ3) is 3.44. The van der Waals surface area contributed by atoms with E-state index in [4.69, 9.17) is 14.2 Å². The van der Waals surface area contributed by atoms with Crippen LogP contribution in [-0.2, 0) is 4.79 Å². The predicted octanol–water partition coefficient (Wildman–Crippen LogP) is 3.80. The smallest absolute Gasteiger partial charge is 0.320 e. The Labute approximate surface area is 188 Å². The number of nitrogens with zero attached hydrogens (tertiary/aromatic N) is 3. The van der Waals surface area contributed by atoms with E-state index >= 15 is 0 Å². The van der Waals surface area contributed by atoms with Crippen LogP contribution in [0, 0.1) is 11.3 Å². The van der Waals surface area contributed by atoms with E-state index < -0.39 is 18.1 Å². The summed E-state index contributed by atoms with van der Waals surface area (Å²) < 4.78 is 45.0. The van der Waals surface area contributed by atoms with Crippen molar-refractivity contribution in [1.29, 1.82) is 0 Å². The Morgan fingerprint density at radius 2 is 1.94 bits per heavy atom. The van der Waals surface area contributed by atoms with Gasteiger partial charge in [-0.1, -0.05) is 0 Å². The molecule has 1 spiro atoms. The first kappa shape index (κ1) is 21.4. The van der Waals surface area contributed by atoms with Crippen molar-refractivity contribution in [3.05, 3.63) is 30.6 Å². The van der Waals surface area contributed by atoms with Gasteiger partial charge in [0.1, 0.15) is 17.9 Å². The zero-order valence-electron chi connectivity index (χ0n) is 18.5. The lowest BCUT2D eigenvalue weighted by Crippen LogP contribution is -2.32. The fraction of sp³-hybridized carbons (Fsp3) is 0.435. The Balaban J connectivity index is 1.57. The van der Waals surface area contributed by atoms with E-state index in [1.807, 2.05) is 6.92 Å². The molecule has 3 heterocycles. The van der Waals surface area contributed by atoms with E-state index in [9.17, 15) is 13.6 Å². The second-order valence-corrected chi connectivity index (χ2v) is 8.48. The van der Waals surface area contributed by atoms with Crippen molar-refractivity contribution in [2.45, 2.75) is 32.4 Å². The number of pyridine rings is 1. The summed E-state index contributed by atoms with van der Waals surface area (Å²) in [6.07, 6.45) is 2.28. The van der Waals surface area contributed by atoms with Crippen molar-refractivity contribution in [3.63, 3.8) is 0 Å². The van der Waals surface area contributed by atoms with Gasteiger partial charge in [-0.2, -0.15) is 8.78 Å². The quantitative estimate of drug-likeness (QED) is 0.580. The second kappa shape index (κ2) is 7.86. The lowest BCUT2D eigenvalue weighted by molar-refractivity contribution is -0.124. The van der Waals surface area contributed by atoms with Crippen LogP contribution < -0.4 is 19.5 Å². The van der Waals surface area contributed by atoms with Crippen molar-refractivity contribution in [1.82, 2.24) is 19.9 Å². The molecule has 0 bridgehead atoms. The number of ether oxygens (including phenoxy) is 3. The molecule has 1 aliphatic heterocycles. The molecule has 1 saturated heterocycles. The van der Waals surface area contributed by atoms with Gasteiger partial charge < -0.3 is 19.5 Å². The van der Waals surface area contributed by atoms with E-state index in [2.05, 4.69) is 15.3 Å². The number of carbonyl (C=O) groups is 1. The maximum atomic E-state index is 13.7. The monoisotopic (exact) mass is 458 g/mol. The molecule has 8 nitrogen and oxygen atoms in total. The van der Waals surface area contributed by atoms with Gasteiger partial charge in [-0.25, -0.2) is 9.97 Å². The maximum absolute atomic E-state index is 13.7. The van der Waals surface area contributed by atoms with Crippen LogP contribution in [0.4, 0.5) is 8.78 Å². The summed E-state index contributed by atoms with van der Waals surface area (Å²) in [5.41, 5.74) is 1.21. The molecule has 1 aromatic carbocycles. The molecule has 174 valence electrons. The first-order valence-electron chi connectivity index (χ1n) is 10.7. The molecule has 2 fully saturated rings. The number of nitrogens with one attached hydrogen (secondary N) is 1. The van der Waals surface area contributed by atoms with Crippen LogP contribution in [0.15, 0.2) is 30.6 Å². The number of fused-ring (bicyclic) bond motifs is 1. The van der Waals surface area contributed by atoms with E-state index in [0.29, 0.717) is 34.8 Å². The summed E-state index contributed by atoms with van der Waals surface area (Å²) in [5, 5.41) is 2.91. The van der Waals surface area contributed by atoms with Gasteiger partial charge in [-0.05, 0) is 44.0 Å². The summed E-state index contributed by atoms with van der Waals surface area (Å²) in [6, 6.07) is 6.93. The number of carbonyl (C=O) groups excluding carboxylic acids is 1. The number of aromatic nitrogens is 3. The second-order valence-electron chi connectivity index (χ2n) is 8.48. The van der Waals surface area contributed by atoms with E-state index in [0.717, 1.165) is 23.7 Å². The first-order valence-corrected chi connectivity index (χ1v) is 10.7. The molecule has 2 aromatic heterocycles. The molecule has 2 unspecified atom stereocenters. The van der Waals surface area contributed by atoms with Crippen molar-refractivity contribution < 1.29 is 27.8 Å². The molecule has 1 N–H and O–H groups in total. The summed E-state index contributed by atoms with van der Waals surface area (Å²) in [6.45, 7) is -0.456. The Kier molecular flexibility index (Phi) is 5.10. The fourth-order valence-electron chi connectivity index (χ4n) is 4.75. The van der Waals surface area contributed by atoms with Crippen LogP contribution >= 0.6 is 0 Å². The largest absolute Gasteiger partial charge is 0.493 e. The number of imidazole rings is 1. The average Bonchev–Trinajstić information content (AvgIpc) is 3.37. The summed E-state index contributed by atoms with van der Waals surface area (Å²) in [7, 11) is 3.07. The summed E-state index contributed by atoms with van der Waals surface area (Å²) >= 11 is 0. The number of benzene rings is 1. The van der Waals surface area contributed by atoms with Gasteiger partial charge in [0.2, 0.25) is 11.8 Å². The number of amides is 1. The average molecular weight is 458 g/mol. The van der Waals surface area contributed by atoms with Crippen molar-refractivity contribution in [3.8, 4) is 28.6 Å². The molecule has 1 aliphatic carbocycles. The highest BCUT2D eigenvalue weighted by Gasteiger charge is 2.61. The van der Waals surface area contributed by atoms with Gasteiger partial charge in [0.25, 0.3) is 0 Å². The molecular formula is C23H24F2N4O4. The van der Waals surface area contributed by atoms with Crippen LogP contribution in [0.5, 0.6) is 17.4 Å². The summed E-state index contributed by atoms with van der Waals surface area (Å²) in [5.74, 6) is 1.10. The molecule has 10 heteroatoms. The lowest BCUT2D eigenvalue weighted by atomic mass is 9.88. The number of hydrogen-bond donors (Lipinski definition) is 1. The van der Waals surface area contributed by atoms with E-state index in [1.54, 1.807) is 31.4 Å². The Bertz CT molecular complexity index is 1220. The van der Waals surface area contributed by atoms with Gasteiger partial charge in [0.15, 0.2) is 11.5 Å². The normalized spacial score (nSPS) is 19.7. The van der Waals surface area contributed by atoms with Gasteiger partial charge in [-0.3, -0.25) is 9.36 Å². The van der Waals surface area contributed by atoms with Gasteiger partial charge in [-0.15, -0.1) is 0 Å². The zero-order chi connectivity index (χ0) is 23.3. The highest BCUT2D eigenvalue weighted by atomic mass is 19.3. The van der Waals surface area contributed by atoms with Crippen LogP contribution in [0.1, 0.15) is 26.3 Å². The van der Waals surface area contributed by atoms with Gasteiger partial charge in [0.05, 0.1) is 30.8 Å². The molecule has 1 amide bonds. The number of hydrogen-bond acceptors (Lipinski definition) is 6. The molecule has 5 rings (SSSR count). The van der Waals surface area contributed by atoms with E-state index in [-0.39, 0.29) is 23.2 Å². The van der Waals surface area contributed by atoms with Crippen molar-refractivity contribution in [2.24, 2.45) is 11.3 Å². The molecular weight excluding hydrogens is 434 g/mol. The van der Waals surface area contributed by atoms with Crippen LogP contribution in [0.3, 0.4) is 0 Å². The first-order chi connectivity index (χ1) is 15.9. The fourth-order valence-corrected chi connectivity index (χ4v) is 4.75. The highest BCUT2D eigenvalue weighted by Crippen LogP contribution is 2.56. The van der Waals surface area contributed by atoms with Crippen molar-refractivity contribution >= 4 is 16.9 Å². The SMILES string of the molecule is COc1ccc(-c2cc3ncn(C(F)F)c3c(OC(C)C3CNC(=O)C34CC4)n2)cc1OC. The minimum atomic E-state index is -2.80. The Hall–Kier alpha value is -3.43. The topological polar surface area (TPSA) is 87.5 Å². The standard InChI is InChI=1S/C23H24F2N4O4/c1-12(14-10-26-21(30)23(14)6-7-23)33-20-19-16(27-11-29(19)22(24)25)9-15(28-20)13-4-5-17(31-2)18(8-13)32-3/h4-5,8-9,11-12,14,22H,6-7,10H2,1-3H3,(H,26,30). The third-order valence-electron chi connectivity index (χ3n) is 6.71. The molecule has 33 heavy (non-hydrogen) atoms. The molecule has 2 aliphatic rings. The number of alkyl halides is 2. The molecule has 3 aromatic rings. The molecule has 1 saturated carbocycles. The van der Waals surface area contributed by atoms with Gasteiger partial charge in [0, 0.05) is 18.0 Å². The van der Waals surface area contributed by atoms with Gasteiger partial charge >= 0.3 is 6.55 Å². The minimum absolute atomic E-state index is 0.0396. The Morgan fingerprint density at radius 1 is 1.18 bits per heavy atom. The van der Waals surface area contributed by atoms with E-state index in [1.165, 1.54) is 7.11 Å². The van der Waals surface area contributed by atoms with Crippen LogP contribution in [0.2, 0.25) is 0 Å². The predicted molar refractivity (Wildman–Crippen MR) is 116 cm³/mol. The summed E-state index contributed by atoms with van der Waals surface area (Å²) in [4.78, 5) is 21.0. The number of rotatable bonds is 7. The van der Waals surface area contributed by atoms with Crippen LogP contribution in [0.25, 0.3) is 22.3 Å². The van der Waals surface area contributed by atoms with Crippen LogP contribution in [-0.4, -0.2) is 47.3 Å². The zero-order valence-corrected chi connectivity index (χ0v) is 18.5.